The second-order valence-electron chi connectivity index (χ2n) is 14.1. The molecule has 1 aromatic rings. The molecule has 7 fully saturated rings. The molecule has 9 heteroatoms. The van der Waals surface area contributed by atoms with Crippen molar-refractivity contribution in [2.24, 2.45) is 33.7 Å². The predicted octanol–water partition coefficient (Wildman–Crippen LogP) is 4.10. The zero-order valence-corrected chi connectivity index (χ0v) is 24.7. The predicted molar refractivity (Wildman–Crippen MR) is 157 cm³/mol. The minimum absolute atomic E-state index is 0.0627. The van der Waals surface area contributed by atoms with Gasteiger partial charge in [-0.25, -0.2) is 0 Å². The molecule has 1 saturated heterocycles. The van der Waals surface area contributed by atoms with Gasteiger partial charge in [0.25, 0.3) is 5.91 Å². The van der Waals surface area contributed by atoms with Crippen molar-refractivity contribution in [3.63, 3.8) is 0 Å². The van der Waals surface area contributed by atoms with Crippen molar-refractivity contribution in [2.75, 3.05) is 13.7 Å². The number of nitrogens with zero attached hydrogens (tertiary/aromatic N) is 1. The number of carbonyl (C=O) groups is 1. The molecule has 4 bridgehead atoms. The van der Waals surface area contributed by atoms with Crippen LogP contribution in [0.4, 0.5) is 0 Å². The molecule has 7 aliphatic rings. The Bertz CT molecular complexity index is 1130. The summed E-state index contributed by atoms with van der Waals surface area (Å²) in [6.45, 7) is 7.43. The number of fused-ring (bicyclic) bond motifs is 3. The molecule has 0 radical (unpaired) electrons. The van der Waals surface area contributed by atoms with E-state index in [9.17, 15) is 4.79 Å². The molecule has 6 aliphatic carbocycles. The molecule has 0 aromatic heterocycles. The monoisotopic (exact) mass is 550 g/mol. The van der Waals surface area contributed by atoms with Gasteiger partial charge < -0.3 is 30.8 Å². The lowest BCUT2D eigenvalue weighted by Gasteiger charge is -2.64. The van der Waals surface area contributed by atoms with Crippen molar-refractivity contribution in [1.82, 2.24) is 5.32 Å². The summed E-state index contributed by atoms with van der Waals surface area (Å²) < 4.78 is 19.2. The van der Waals surface area contributed by atoms with Gasteiger partial charge in [0.15, 0.2) is 5.96 Å². The average Bonchev–Trinajstić information content (AvgIpc) is 3.32. The Labute approximate surface area is 239 Å². The molecule has 8 rings (SSSR count). The quantitative estimate of drug-likeness (QED) is 0.184. The normalized spacial score (nSPS) is 37.8. The van der Waals surface area contributed by atoms with Crippen LogP contribution >= 0.6 is 0 Å². The molecule has 218 valence electrons. The highest BCUT2D eigenvalue weighted by atomic mass is 16.7. The number of methoxy groups -OCH3 is 1. The first-order valence-corrected chi connectivity index (χ1v) is 15.4. The Hall–Kier alpha value is -2.10. The van der Waals surface area contributed by atoms with Crippen LogP contribution < -0.4 is 16.8 Å². The van der Waals surface area contributed by atoms with Crippen molar-refractivity contribution in [3.05, 3.63) is 35.4 Å². The maximum atomic E-state index is 13.5. The second-order valence-corrected chi connectivity index (χ2v) is 14.1. The number of nitrogens with two attached hydrogens (primary N) is 2. The van der Waals surface area contributed by atoms with Crippen LogP contribution in [0.15, 0.2) is 29.3 Å². The lowest BCUT2D eigenvalue weighted by Crippen LogP contribution is -2.65. The summed E-state index contributed by atoms with van der Waals surface area (Å²) in [6.07, 6.45) is 10.5. The molecular formula is C31H47BN4O4. The number of rotatable bonds is 9. The standard InChI is InChI=1S/C31H47BN4O4/c1-28(2)22-18-23(28)29(3)24(19-22)39-32(40-29)25(6-5-17-35-27(33)34)36-26(37)20-7-9-21(10-8-20)30-11-14-31(38-4,15-12-30)16-13-30/h7-10,22-25H,5-6,11-19H2,1-4H3,(H,36,37)(H4,33,34,35)/t22-,23-,24+,25-,29-,30?,31?/m0/s1. The third kappa shape index (κ3) is 4.56. The zero-order chi connectivity index (χ0) is 28.3. The van der Waals surface area contributed by atoms with E-state index in [0.717, 1.165) is 51.4 Å². The van der Waals surface area contributed by atoms with E-state index < -0.39 is 7.12 Å². The van der Waals surface area contributed by atoms with Gasteiger partial charge in [-0.05, 0) is 111 Å². The van der Waals surface area contributed by atoms with Crippen LogP contribution in [0.5, 0.6) is 0 Å². The minimum atomic E-state index is -0.489. The Morgan fingerprint density at radius 2 is 1.77 bits per heavy atom. The van der Waals surface area contributed by atoms with E-state index in [-0.39, 0.29) is 45.9 Å². The molecule has 1 aromatic carbocycles. The minimum Gasteiger partial charge on any atom is -0.404 e. The Morgan fingerprint density at radius 1 is 1.10 bits per heavy atom. The van der Waals surface area contributed by atoms with Gasteiger partial charge in [-0.2, -0.15) is 0 Å². The van der Waals surface area contributed by atoms with Gasteiger partial charge in [-0.15, -0.1) is 0 Å². The van der Waals surface area contributed by atoms with E-state index in [2.05, 4.69) is 43.2 Å². The van der Waals surface area contributed by atoms with Crippen molar-refractivity contribution in [2.45, 2.75) is 114 Å². The molecule has 1 aliphatic heterocycles. The van der Waals surface area contributed by atoms with E-state index in [4.69, 9.17) is 25.5 Å². The Morgan fingerprint density at radius 3 is 2.38 bits per heavy atom. The Kier molecular flexibility index (Phi) is 7.03. The van der Waals surface area contributed by atoms with E-state index in [1.807, 2.05) is 19.2 Å². The van der Waals surface area contributed by atoms with E-state index in [1.165, 1.54) is 12.0 Å². The molecule has 40 heavy (non-hydrogen) atoms. The van der Waals surface area contributed by atoms with E-state index >= 15 is 0 Å². The van der Waals surface area contributed by atoms with Crippen LogP contribution in [0.25, 0.3) is 0 Å². The molecule has 8 nitrogen and oxygen atoms in total. The fraction of sp³-hybridized carbons (Fsp3) is 0.742. The fourth-order valence-electron chi connectivity index (χ4n) is 8.98. The number of carbonyl (C=O) groups excluding carboxylic acids is 1. The fourth-order valence-corrected chi connectivity index (χ4v) is 8.98. The summed E-state index contributed by atoms with van der Waals surface area (Å²) >= 11 is 0. The molecule has 6 saturated carbocycles. The van der Waals surface area contributed by atoms with Gasteiger partial charge in [-0.1, -0.05) is 26.0 Å². The maximum Gasteiger partial charge on any atom is 0.481 e. The summed E-state index contributed by atoms with van der Waals surface area (Å²) in [4.78, 5) is 17.7. The van der Waals surface area contributed by atoms with Crippen molar-refractivity contribution >= 4 is 19.0 Å². The number of hydrogen-bond acceptors (Lipinski definition) is 5. The molecule has 1 amide bonds. The summed E-state index contributed by atoms with van der Waals surface area (Å²) in [5.41, 5.74) is 13.3. The van der Waals surface area contributed by atoms with Crippen LogP contribution in [0, 0.1) is 17.3 Å². The molecule has 5 N–H and O–H groups in total. The highest BCUT2D eigenvalue weighted by Gasteiger charge is 2.68. The van der Waals surface area contributed by atoms with Crippen molar-refractivity contribution < 1.29 is 18.8 Å². The molecule has 0 spiro atoms. The van der Waals surface area contributed by atoms with Crippen LogP contribution in [0.2, 0.25) is 0 Å². The summed E-state index contributed by atoms with van der Waals surface area (Å²) in [7, 11) is 1.37. The van der Waals surface area contributed by atoms with Gasteiger partial charge in [0.2, 0.25) is 0 Å². The zero-order valence-electron chi connectivity index (χ0n) is 24.7. The van der Waals surface area contributed by atoms with Crippen LogP contribution in [0.1, 0.15) is 101 Å². The molecule has 1 heterocycles. The first-order valence-electron chi connectivity index (χ1n) is 15.4. The topological polar surface area (TPSA) is 121 Å². The number of amides is 1. The van der Waals surface area contributed by atoms with Gasteiger partial charge in [0, 0.05) is 19.2 Å². The third-order valence-corrected chi connectivity index (χ3v) is 12.0. The number of nitrogens with one attached hydrogen (secondary N) is 1. The SMILES string of the molecule is COC12CCC(c3ccc(C(=O)N[C@@H](CCCN=C(N)N)B4O[C@@H]5C[C@@H]6C[C@@H](C6(C)C)[C@]5(C)O4)cc3)(CC1)CC2. The first-order chi connectivity index (χ1) is 19.0. The van der Waals surface area contributed by atoms with Crippen molar-refractivity contribution in [1.29, 1.82) is 0 Å². The van der Waals surface area contributed by atoms with E-state index in [1.54, 1.807) is 0 Å². The van der Waals surface area contributed by atoms with Crippen molar-refractivity contribution in [3.8, 4) is 0 Å². The maximum absolute atomic E-state index is 13.5. The number of guanidine groups is 1. The summed E-state index contributed by atoms with van der Waals surface area (Å²) in [6, 6.07) is 8.30. The largest absolute Gasteiger partial charge is 0.481 e. The second kappa shape index (κ2) is 10.0. The van der Waals surface area contributed by atoms with E-state index in [0.29, 0.717) is 30.4 Å². The highest BCUT2D eigenvalue weighted by Crippen LogP contribution is 2.65. The van der Waals surface area contributed by atoms with Crippen LogP contribution in [-0.4, -0.2) is 55.9 Å². The third-order valence-electron chi connectivity index (χ3n) is 12.0. The smallest absolute Gasteiger partial charge is 0.404 e. The van der Waals surface area contributed by atoms with Gasteiger partial charge in [0.05, 0.1) is 23.2 Å². The summed E-state index contributed by atoms with van der Waals surface area (Å²) in [5, 5.41) is 3.27. The van der Waals surface area contributed by atoms with Gasteiger partial charge in [-0.3, -0.25) is 9.79 Å². The van der Waals surface area contributed by atoms with Gasteiger partial charge in [0.1, 0.15) is 0 Å². The lowest BCUT2D eigenvalue weighted by atomic mass is 9.43. The van der Waals surface area contributed by atoms with Crippen LogP contribution in [-0.2, 0) is 19.5 Å². The molecule has 0 unspecified atom stereocenters. The van der Waals surface area contributed by atoms with Crippen LogP contribution in [0.3, 0.4) is 0 Å². The number of hydrogen-bond donors (Lipinski definition) is 3. The average molecular weight is 551 g/mol. The Balaban J connectivity index is 1.15. The van der Waals surface area contributed by atoms with Gasteiger partial charge >= 0.3 is 7.12 Å². The number of aliphatic imine (C=N–C) groups is 1. The molecule has 5 atom stereocenters. The first kappa shape index (κ1) is 28.0. The molecular weight excluding hydrogens is 503 g/mol. The summed E-state index contributed by atoms with van der Waals surface area (Å²) in [5.74, 6) is 0.829. The number of ether oxygens (including phenoxy) is 1. The number of benzene rings is 1. The lowest BCUT2D eigenvalue weighted by molar-refractivity contribution is -0.199. The highest BCUT2D eigenvalue weighted by molar-refractivity contribution is 6.48.